The highest BCUT2D eigenvalue weighted by Crippen LogP contribution is 2.26. The van der Waals surface area contributed by atoms with E-state index in [4.69, 9.17) is 4.74 Å². The Balaban J connectivity index is 2.01. The van der Waals surface area contributed by atoms with E-state index in [1.807, 2.05) is 25.1 Å². The SMILES string of the molecule is COc1ncc(Cn2cncn2)nc1-c1cccc(C)c1. The van der Waals surface area contributed by atoms with Crippen molar-refractivity contribution in [1.82, 2.24) is 24.7 Å². The number of ether oxygens (including phenoxy) is 1. The van der Waals surface area contributed by atoms with E-state index in [-0.39, 0.29) is 0 Å². The lowest BCUT2D eigenvalue weighted by Crippen LogP contribution is -2.05. The molecule has 0 amide bonds. The van der Waals surface area contributed by atoms with Crippen LogP contribution in [0.25, 0.3) is 11.3 Å². The van der Waals surface area contributed by atoms with Gasteiger partial charge in [-0.1, -0.05) is 23.8 Å². The summed E-state index contributed by atoms with van der Waals surface area (Å²) in [6.07, 6.45) is 4.84. The summed E-state index contributed by atoms with van der Waals surface area (Å²) in [6.45, 7) is 2.57. The van der Waals surface area contributed by atoms with Crippen LogP contribution < -0.4 is 4.74 Å². The summed E-state index contributed by atoms with van der Waals surface area (Å²) in [5.41, 5.74) is 3.69. The molecule has 3 rings (SSSR count). The fourth-order valence-electron chi connectivity index (χ4n) is 2.10. The van der Waals surface area contributed by atoms with Gasteiger partial charge >= 0.3 is 0 Å². The van der Waals surface area contributed by atoms with Gasteiger partial charge in [-0.2, -0.15) is 5.10 Å². The van der Waals surface area contributed by atoms with Gasteiger partial charge in [0, 0.05) is 5.56 Å². The standard InChI is InChI=1S/C15H15N5O/c1-11-4-3-5-12(6-11)14-15(21-2)17-7-13(19-14)8-20-10-16-9-18-20/h3-7,9-10H,8H2,1-2H3. The molecule has 1 aromatic carbocycles. The third-order valence-corrected chi connectivity index (χ3v) is 3.06. The number of hydrogen-bond acceptors (Lipinski definition) is 5. The van der Waals surface area contributed by atoms with Crippen LogP contribution in [0.15, 0.2) is 43.1 Å². The number of rotatable bonds is 4. The molecule has 3 aromatic rings. The van der Waals surface area contributed by atoms with Crippen molar-refractivity contribution in [2.45, 2.75) is 13.5 Å². The van der Waals surface area contributed by atoms with Crippen molar-refractivity contribution in [3.8, 4) is 17.1 Å². The number of aryl methyl sites for hydroxylation is 1. The summed E-state index contributed by atoms with van der Waals surface area (Å²) in [7, 11) is 1.60. The van der Waals surface area contributed by atoms with Crippen LogP contribution in [0, 0.1) is 6.92 Å². The zero-order valence-corrected chi connectivity index (χ0v) is 11.9. The molecule has 0 fully saturated rings. The van der Waals surface area contributed by atoms with E-state index in [9.17, 15) is 0 Å². The van der Waals surface area contributed by atoms with Crippen LogP contribution in [0.2, 0.25) is 0 Å². The molecule has 21 heavy (non-hydrogen) atoms. The molecule has 0 aliphatic heterocycles. The van der Waals surface area contributed by atoms with Crippen LogP contribution in [-0.2, 0) is 6.54 Å². The van der Waals surface area contributed by atoms with Gasteiger partial charge < -0.3 is 4.74 Å². The molecule has 0 saturated carbocycles. The lowest BCUT2D eigenvalue weighted by Gasteiger charge is -2.09. The predicted octanol–water partition coefficient (Wildman–Crippen LogP) is 2.10. The minimum atomic E-state index is 0.517. The van der Waals surface area contributed by atoms with Crippen molar-refractivity contribution >= 4 is 0 Å². The van der Waals surface area contributed by atoms with Crippen LogP contribution in [0.3, 0.4) is 0 Å². The van der Waals surface area contributed by atoms with Crippen molar-refractivity contribution < 1.29 is 4.74 Å². The quantitative estimate of drug-likeness (QED) is 0.732. The summed E-state index contributed by atoms with van der Waals surface area (Å²) in [5.74, 6) is 0.517. The summed E-state index contributed by atoms with van der Waals surface area (Å²) in [6, 6.07) is 8.10. The first-order valence-electron chi connectivity index (χ1n) is 6.55. The van der Waals surface area contributed by atoms with E-state index in [1.54, 1.807) is 24.3 Å². The molecule has 0 unspecified atom stereocenters. The summed E-state index contributed by atoms with van der Waals surface area (Å²) in [4.78, 5) is 12.9. The molecule has 2 aromatic heterocycles. The molecule has 6 nitrogen and oxygen atoms in total. The van der Waals surface area contributed by atoms with Gasteiger partial charge in [-0.3, -0.25) is 0 Å². The molecule has 0 saturated heterocycles. The predicted molar refractivity (Wildman–Crippen MR) is 77.9 cm³/mol. The maximum atomic E-state index is 5.32. The van der Waals surface area contributed by atoms with E-state index >= 15 is 0 Å². The Kier molecular flexibility index (Phi) is 3.59. The zero-order valence-electron chi connectivity index (χ0n) is 11.9. The van der Waals surface area contributed by atoms with Gasteiger partial charge in [0.25, 0.3) is 0 Å². The van der Waals surface area contributed by atoms with Crippen LogP contribution in [0.4, 0.5) is 0 Å². The van der Waals surface area contributed by atoms with Crippen molar-refractivity contribution in [2.75, 3.05) is 7.11 Å². The topological polar surface area (TPSA) is 65.7 Å². The van der Waals surface area contributed by atoms with E-state index in [2.05, 4.69) is 26.1 Å². The average molecular weight is 281 g/mol. The van der Waals surface area contributed by atoms with Crippen LogP contribution >= 0.6 is 0 Å². The molecule has 0 spiro atoms. The smallest absolute Gasteiger partial charge is 0.240 e. The number of benzene rings is 1. The van der Waals surface area contributed by atoms with Crippen molar-refractivity contribution in [2.24, 2.45) is 0 Å². The molecule has 106 valence electrons. The van der Waals surface area contributed by atoms with E-state index < -0.39 is 0 Å². The fraction of sp³-hybridized carbons (Fsp3) is 0.200. The molecule has 0 bridgehead atoms. The Hall–Kier alpha value is -2.76. The maximum absolute atomic E-state index is 5.32. The fourth-order valence-corrected chi connectivity index (χ4v) is 2.10. The molecule has 0 atom stereocenters. The zero-order chi connectivity index (χ0) is 14.7. The van der Waals surface area contributed by atoms with E-state index in [0.29, 0.717) is 12.4 Å². The van der Waals surface area contributed by atoms with Crippen LogP contribution in [-0.4, -0.2) is 31.8 Å². The molecule has 0 N–H and O–H groups in total. The van der Waals surface area contributed by atoms with Gasteiger partial charge in [0.2, 0.25) is 5.88 Å². The molecule has 0 aliphatic carbocycles. The third-order valence-electron chi connectivity index (χ3n) is 3.06. The Bertz CT molecular complexity index is 740. The normalized spacial score (nSPS) is 10.6. The van der Waals surface area contributed by atoms with E-state index in [1.165, 1.54) is 6.33 Å². The number of nitrogens with zero attached hydrogens (tertiary/aromatic N) is 5. The summed E-state index contributed by atoms with van der Waals surface area (Å²) >= 11 is 0. The highest BCUT2D eigenvalue weighted by molar-refractivity contribution is 5.65. The lowest BCUT2D eigenvalue weighted by atomic mass is 10.1. The first-order chi connectivity index (χ1) is 10.3. The second kappa shape index (κ2) is 5.70. The molecule has 6 heteroatoms. The van der Waals surface area contributed by atoms with Gasteiger partial charge in [-0.15, -0.1) is 0 Å². The van der Waals surface area contributed by atoms with Gasteiger partial charge in [-0.05, 0) is 13.0 Å². The van der Waals surface area contributed by atoms with E-state index in [0.717, 1.165) is 22.5 Å². The Labute approximate surface area is 122 Å². The first kappa shape index (κ1) is 13.2. The van der Waals surface area contributed by atoms with Crippen molar-refractivity contribution in [3.63, 3.8) is 0 Å². The van der Waals surface area contributed by atoms with Crippen molar-refractivity contribution in [3.05, 3.63) is 54.4 Å². The Morgan fingerprint density at radius 3 is 2.90 bits per heavy atom. The molecule has 2 heterocycles. The largest absolute Gasteiger partial charge is 0.479 e. The average Bonchev–Trinajstić information content (AvgIpc) is 3.00. The maximum Gasteiger partial charge on any atom is 0.240 e. The minimum absolute atomic E-state index is 0.517. The van der Waals surface area contributed by atoms with Gasteiger partial charge in [0.15, 0.2) is 0 Å². The molecular formula is C15H15N5O. The highest BCUT2D eigenvalue weighted by atomic mass is 16.5. The summed E-state index contributed by atoms with van der Waals surface area (Å²) < 4.78 is 7.03. The van der Waals surface area contributed by atoms with Gasteiger partial charge in [-0.25, -0.2) is 19.6 Å². The number of methoxy groups -OCH3 is 1. The Morgan fingerprint density at radius 2 is 2.19 bits per heavy atom. The molecule has 0 aliphatic rings. The highest BCUT2D eigenvalue weighted by Gasteiger charge is 2.11. The summed E-state index contributed by atoms with van der Waals surface area (Å²) in [5, 5.41) is 4.08. The van der Waals surface area contributed by atoms with Gasteiger partial charge in [0.1, 0.15) is 18.3 Å². The molecular weight excluding hydrogens is 266 g/mol. The second-order valence-electron chi connectivity index (χ2n) is 4.68. The minimum Gasteiger partial charge on any atom is -0.479 e. The monoisotopic (exact) mass is 281 g/mol. The van der Waals surface area contributed by atoms with Crippen LogP contribution in [0.5, 0.6) is 5.88 Å². The third kappa shape index (κ3) is 2.89. The second-order valence-corrected chi connectivity index (χ2v) is 4.68. The van der Waals surface area contributed by atoms with Gasteiger partial charge in [0.05, 0.1) is 25.5 Å². The number of aromatic nitrogens is 5. The van der Waals surface area contributed by atoms with Crippen LogP contribution in [0.1, 0.15) is 11.3 Å². The lowest BCUT2D eigenvalue weighted by molar-refractivity contribution is 0.397. The van der Waals surface area contributed by atoms with Crippen molar-refractivity contribution in [1.29, 1.82) is 0 Å². The first-order valence-corrected chi connectivity index (χ1v) is 6.55. The number of hydrogen-bond donors (Lipinski definition) is 0. The molecule has 0 radical (unpaired) electrons. The Morgan fingerprint density at radius 1 is 1.29 bits per heavy atom.